The standard InChI is InChI=1S/C15H25NO4/c1-16-12-13-5-6-14(15(11-13)18-3)20-10-9-19-8-4-7-17-2/h5-6,11,16H,4,7-10,12H2,1-3H3. The molecule has 1 rings (SSSR count). The van der Waals surface area contributed by atoms with Crippen molar-refractivity contribution in [1.29, 1.82) is 0 Å². The van der Waals surface area contributed by atoms with Gasteiger partial charge in [0.25, 0.3) is 0 Å². The van der Waals surface area contributed by atoms with Crippen LogP contribution in [0.4, 0.5) is 0 Å². The fourth-order valence-corrected chi connectivity index (χ4v) is 1.76. The Morgan fingerprint density at radius 2 is 1.85 bits per heavy atom. The second kappa shape index (κ2) is 10.5. The summed E-state index contributed by atoms with van der Waals surface area (Å²) in [5, 5.41) is 3.10. The van der Waals surface area contributed by atoms with E-state index in [2.05, 4.69) is 5.32 Å². The predicted molar refractivity (Wildman–Crippen MR) is 78.6 cm³/mol. The Bertz CT molecular complexity index is 371. The Hall–Kier alpha value is -1.30. The number of hydrogen-bond acceptors (Lipinski definition) is 5. The maximum Gasteiger partial charge on any atom is 0.161 e. The first-order valence-corrected chi connectivity index (χ1v) is 6.82. The molecule has 5 nitrogen and oxygen atoms in total. The molecule has 5 heteroatoms. The van der Waals surface area contributed by atoms with Gasteiger partial charge >= 0.3 is 0 Å². The molecule has 0 bridgehead atoms. The van der Waals surface area contributed by atoms with Gasteiger partial charge in [-0.25, -0.2) is 0 Å². The second-order valence-corrected chi connectivity index (χ2v) is 4.32. The fraction of sp³-hybridized carbons (Fsp3) is 0.600. The van der Waals surface area contributed by atoms with E-state index in [-0.39, 0.29) is 0 Å². The van der Waals surface area contributed by atoms with Gasteiger partial charge in [0.1, 0.15) is 6.61 Å². The maximum atomic E-state index is 5.67. The number of benzene rings is 1. The maximum absolute atomic E-state index is 5.67. The van der Waals surface area contributed by atoms with Gasteiger partial charge in [-0.3, -0.25) is 0 Å². The zero-order valence-corrected chi connectivity index (χ0v) is 12.6. The highest BCUT2D eigenvalue weighted by atomic mass is 16.5. The van der Waals surface area contributed by atoms with Crippen molar-refractivity contribution in [2.24, 2.45) is 0 Å². The summed E-state index contributed by atoms with van der Waals surface area (Å²) in [5.74, 6) is 1.49. The van der Waals surface area contributed by atoms with Crippen LogP contribution in [-0.4, -0.2) is 47.7 Å². The van der Waals surface area contributed by atoms with Crippen LogP contribution in [-0.2, 0) is 16.0 Å². The Labute approximate surface area is 121 Å². The third-order valence-electron chi connectivity index (χ3n) is 2.73. The van der Waals surface area contributed by atoms with E-state index < -0.39 is 0 Å². The van der Waals surface area contributed by atoms with E-state index in [0.29, 0.717) is 19.8 Å². The topological polar surface area (TPSA) is 49.0 Å². The number of rotatable bonds is 11. The zero-order valence-electron chi connectivity index (χ0n) is 12.6. The summed E-state index contributed by atoms with van der Waals surface area (Å²) >= 11 is 0. The largest absolute Gasteiger partial charge is 0.493 e. The summed E-state index contributed by atoms with van der Waals surface area (Å²) in [6.45, 7) is 3.29. The highest BCUT2D eigenvalue weighted by Gasteiger charge is 2.05. The van der Waals surface area contributed by atoms with Crippen LogP contribution in [0.2, 0.25) is 0 Å². The molecule has 1 aromatic carbocycles. The van der Waals surface area contributed by atoms with E-state index in [1.54, 1.807) is 14.2 Å². The lowest BCUT2D eigenvalue weighted by Gasteiger charge is -2.12. The molecule has 0 aliphatic carbocycles. The molecule has 0 aliphatic rings. The fourth-order valence-electron chi connectivity index (χ4n) is 1.76. The Morgan fingerprint density at radius 3 is 2.55 bits per heavy atom. The highest BCUT2D eigenvalue weighted by Crippen LogP contribution is 2.27. The Balaban J connectivity index is 2.32. The minimum Gasteiger partial charge on any atom is -0.493 e. The van der Waals surface area contributed by atoms with Crippen molar-refractivity contribution in [3.05, 3.63) is 23.8 Å². The summed E-state index contributed by atoms with van der Waals surface area (Å²) in [6, 6.07) is 5.93. The summed E-state index contributed by atoms with van der Waals surface area (Å²) in [4.78, 5) is 0. The van der Waals surface area contributed by atoms with Gasteiger partial charge in [-0.2, -0.15) is 0 Å². The van der Waals surface area contributed by atoms with Gasteiger partial charge in [0, 0.05) is 26.9 Å². The van der Waals surface area contributed by atoms with Gasteiger partial charge in [0.2, 0.25) is 0 Å². The number of hydrogen-bond donors (Lipinski definition) is 1. The minimum atomic E-state index is 0.509. The first-order chi connectivity index (χ1) is 9.81. The molecule has 0 amide bonds. The summed E-state index contributed by atoms with van der Waals surface area (Å²) in [7, 11) is 5.25. The summed E-state index contributed by atoms with van der Waals surface area (Å²) in [5.41, 5.74) is 1.16. The summed E-state index contributed by atoms with van der Waals surface area (Å²) < 4.78 is 21.4. The molecule has 0 spiro atoms. The lowest BCUT2D eigenvalue weighted by molar-refractivity contribution is 0.0799. The van der Waals surface area contributed by atoms with E-state index in [1.807, 2.05) is 25.2 Å². The van der Waals surface area contributed by atoms with Crippen LogP contribution in [0.1, 0.15) is 12.0 Å². The van der Waals surface area contributed by atoms with Gasteiger partial charge in [0.05, 0.1) is 13.7 Å². The van der Waals surface area contributed by atoms with Crippen LogP contribution in [0, 0.1) is 0 Å². The number of ether oxygens (including phenoxy) is 4. The molecule has 1 aromatic rings. The van der Waals surface area contributed by atoms with E-state index in [4.69, 9.17) is 18.9 Å². The zero-order chi connectivity index (χ0) is 14.6. The molecule has 0 saturated heterocycles. The van der Waals surface area contributed by atoms with E-state index >= 15 is 0 Å². The third kappa shape index (κ3) is 6.23. The van der Waals surface area contributed by atoms with Crippen molar-refractivity contribution in [3.8, 4) is 11.5 Å². The van der Waals surface area contributed by atoms with Gasteiger partial charge in [0.15, 0.2) is 11.5 Å². The van der Waals surface area contributed by atoms with Gasteiger partial charge in [-0.15, -0.1) is 0 Å². The van der Waals surface area contributed by atoms with Gasteiger partial charge < -0.3 is 24.3 Å². The Morgan fingerprint density at radius 1 is 1.00 bits per heavy atom. The lowest BCUT2D eigenvalue weighted by Crippen LogP contribution is -2.09. The third-order valence-corrected chi connectivity index (χ3v) is 2.73. The molecular formula is C15H25NO4. The van der Waals surface area contributed by atoms with Crippen LogP contribution in [0.15, 0.2) is 18.2 Å². The van der Waals surface area contributed by atoms with Crippen LogP contribution in [0.25, 0.3) is 0 Å². The van der Waals surface area contributed by atoms with E-state index in [9.17, 15) is 0 Å². The average molecular weight is 283 g/mol. The molecule has 114 valence electrons. The van der Waals surface area contributed by atoms with Crippen molar-refractivity contribution >= 4 is 0 Å². The lowest BCUT2D eigenvalue weighted by atomic mass is 10.2. The first-order valence-electron chi connectivity index (χ1n) is 6.82. The van der Waals surface area contributed by atoms with Gasteiger partial charge in [-0.05, 0) is 31.2 Å². The molecule has 0 fully saturated rings. The van der Waals surface area contributed by atoms with Crippen LogP contribution < -0.4 is 14.8 Å². The number of nitrogens with one attached hydrogen (secondary N) is 1. The van der Waals surface area contributed by atoms with E-state index in [1.165, 1.54) is 0 Å². The van der Waals surface area contributed by atoms with Crippen molar-refractivity contribution in [2.45, 2.75) is 13.0 Å². The highest BCUT2D eigenvalue weighted by molar-refractivity contribution is 5.42. The minimum absolute atomic E-state index is 0.509. The van der Waals surface area contributed by atoms with Crippen LogP contribution in [0.3, 0.4) is 0 Å². The molecule has 20 heavy (non-hydrogen) atoms. The van der Waals surface area contributed by atoms with Gasteiger partial charge in [-0.1, -0.05) is 6.07 Å². The molecule has 0 aromatic heterocycles. The molecule has 0 atom stereocenters. The van der Waals surface area contributed by atoms with Crippen molar-refractivity contribution < 1.29 is 18.9 Å². The molecular weight excluding hydrogens is 258 g/mol. The quantitative estimate of drug-likeness (QED) is 0.628. The monoisotopic (exact) mass is 283 g/mol. The Kier molecular flexibility index (Phi) is 8.78. The molecule has 1 N–H and O–H groups in total. The van der Waals surface area contributed by atoms with E-state index in [0.717, 1.165) is 36.6 Å². The number of methoxy groups -OCH3 is 2. The average Bonchev–Trinajstić information content (AvgIpc) is 2.47. The molecule has 0 saturated carbocycles. The van der Waals surface area contributed by atoms with Crippen molar-refractivity contribution in [1.82, 2.24) is 5.32 Å². The molecule has 0 heterocycles. The summed E-state index contributed by atoms with van der Waals surface area (Å²) in [6.07, 6.45) is 0.901. The molecule has 0 unspecified atom stereocenters. The van der Waals surface area contributed by atoms with Crippen LogP contribution in [0.5, 0.6) is 11.5 Å². The molecule has 0 aliphatic heterocycles. The van der Waals surface area contributed by atoms with Crippen molar-refractivity contribution in [3.63, 3.8) is 0 Å². The predicted octanol–water partition coefficient (Wildman–Crippen LogP) is 1.85. The second-order valence-electron chi connectivity index (χ2n) is 4.32. The van der Waals surface area contributed by atoms with Crippen LogP contribution >= 0.6 is 0 Å². The smallest absolute Gasteiger partial charge is 0.161 e. The normalized spacial score (nSPS) is 10.6. The molecule has 0 radical (unpaired) electrons. The van der Waals surface area contributed by atoms with Crippen molar-refractivity contribution in [2.75, 3.05) is 47.7 Å². The first kappa shape index (κ1) is 16.8. The SMILES string of the molecule is CNCc1ccc(OCCOCCCOC)c(OC)c1.